The normalized spacial score (nSPS) is 16.9. The number of ether oxygens (including phenoxy) is 1. The molecule has 1 aliphatic heterocycles. The molecule has 2 aromatic rings. The van der Waals surface area contributed by atoms with Crippen molar-refractivity contribution in [3.05, 3.63) is 42.2 Å². The molecule has 1 atom stereocenters. The molecule has 6 nitrogen and oxygen atoms in total. The topological polar surface area (TPSA) is 61.7 Å². The Morgan fingerprint density at radius 2 is 2.16 bits per heavy atom. The number of benzene rings is 1. The van der Waals surface area contributed by atoms with Crippen LogP contribution in [0.3, 0.4) is 0 Å². The second kappa shape index (κ2) is 8.16. The van der Waals surface area contributed by atoms with E-state index in [1.54, 1.807) is 13.4 Å². The van der Waals surface area contributed by atoms with E-state index in [2.05, 4.69) is 25.8 Å². The summed E-state index contributed by atoms with van der Waals surface area (Å²) in [5.41, 5.74) is 1.19. The Hall–Kier alpha value is -2.34. The minimum absolute atomic E-state index is 0.168. The molecule has 1 fully saturated rings. The molecule has 1 aromatic heterocycles. The maximum atomic E-state index is 9.53. The maximum Gasteiger partial charge on any atom is 0.134 e. The summed E-state index contributed by atoms with van der Waals surface area (Å²) in [7, 11) is 3.74. The van der Waals surface area contributed by atoms with Gasteiger partial charge in [0.25, 0.3) is 0 Å². The molecule has 0 amide bonds. The highest BCUT2D eigenvalue weighted by atomic mass is 16.5. The van der Waals surface area contributed by atoms with Crippen LogP contribution in [0.5, 0.6) is 5.75 Å². The lowest BCUT2D eigenvalue weighted by Crippen LogP contribution is -2.33. The average Bonchev–Trinajstić information content (AvgIpc) is 3.15. The minimum atomic E-state index is 0.168. The zero-order valence-electron chi connectivity index (χ0n) is 14.9. The summed E-state index contributed by atoms with van der Waals surface area (Å²) in [5.74, 6) is 2.70. The smallest absolute Gasteiger partial charge is 0.134 e. The molecule has 1 saturated heterocycles. The van der Waals surface area contributed by atoms with Crippen LogP contribution >= 0.6 is 0 Å². The first kappa shape index (κ1) is 17.5. The highest BCUT2D eigenvalue weighted by Crippen LogP contribution is 2.25. The quantitative estimate of drug-likeness (QED) is 0.832. The van der Waals surface area contributed by atoms with Gasteiger partial charge in [0.1, 0.15) is 23.7 Å². The van der Waals surface area contributed by atoms with Crippen LogP contribution in [0.2, 0.25) is 0 Å². The molecule has 0 spiro atoms. The largest absolute Gasteiger partial charge is 0.496 e. The van der Waals surface area contributed by atoms with Crippen molar-refractivity contribution in [3.63, 3.8) is 0 Å². The zero-order chi connectivity index (χ0) is 17.6. The van der Waals surface area contributed by atoms with Crippen molar-refractivity contribution >= 4 is 11.6 Å². The van der Waals surface area contributed by atoms with E-state index in [4.69, 9.17) is 4.74 Å². The number of hydrogen-bond donors (Lipinski definition) is 1. The third kappa shape index (κ3) is 4.02. The average molecular weight is 342 g/mol. The van der Waals surface area contributed by atoms with Crippen LogP contribution in [0, 0.1) is 0 Å². The number of hydrogen-bond acceptors (Lipinski definition) is 6. The van der Waals surface area contributed by atoms with Crippen molar-refractivity contribution in [2.45, 2.75) is 25.3 Å². The number of methoxy groups -OCH3 is 1. The van der Waals surface area contributed by atoms with E-state index >= 15 is 0 Å². The number of aliphatic hydroxyl groups excluding tert-OH is 1. The summed E-state index contributed by atoms with van der Waals surface area (Å²) in [6.45, 7) is 1.94. The molecular weight excluding hydrogens is 316 g/mol. The van der Waals surface area contributed by atoms with Gasteiger partial charge in [-0.3, -0.25) is 0 Å². The number of likely N-dealkylation sites (N-methyl/N-ethyl adjacent to an activating group) is 1. The number of aromatic nitrogens is 2. The molecule has 6 heteroatoms. The second-order valence-corrected chi connectivity index (χ2v) is 6.39. The Morgan fingerprint density at radius 1 is 1.32 bits per heavy atom. The molecule has 1 N–H and O–H groups in total. The standard InChI is InChI=1S/C19H26N4O2/c1-22(11-9-15-6-3-4-8-17(15)25-2)18-12-19(21-14-20-18)23-10-5-7-16(23)13-24/h3-4,6,8,12,14,16,24H,5,7,9-11,13H2,1-2H3/t16-/m0/s1. The Kier molecular flexibility index (Phi) is 5.71. The monoisotopic (exact) mass is 342 g/mol. The molecule has 0 saturated carbocycles. The number of aliphatic hydroxyl groups is 1. The van der Waals surface area contributed by atoms with Gasteiger partial charge in [-0.2, -0.15) is 0 Å². The highest BCUT2D eigenvalue weighted by molar-refractivity contribution is 5.51. The van der Waals surface area contributed by atoms with Crippen molar-refractivity contribution in [1.29, 1.82) is 0 Å². The summed E-state index contributed by atoms with van der Waals surface area (Å²) in [6.07, 6.45) is 4.59. The van der Waals surface area contributed by atoms with Gasteiger partial charge in [-0.1, -0.05) is 18.2 Å². The molecule has 0 unspecified atom stereocenters. The minimum Gasteiger partial charge on any atom is -0.496 e. The van der Waals surface area contributed by atoms with Crippen molar-refractivity contribution in [2.75, 3.05) is 43.7 Å². The van der Waals surface area contributed by atoms with Gasteiger partial charge in [0.15, 0.2) is 0 Å². The molecule has 1 aliphatic rings. The van der Waals surface area contributed by atoms with Crippen molar-refractivity contribution < 1.29 is 9.84 Å². The van der Waals surface area contributed by atoms with Crippen LogP contribution in [0.1, 0.15) is 18.4 Å². The van der Waals surface area contributed by atoms with Gasteiger partial charge in [-0.25, -0.2) is 9.97 Å². The number of para-hydroxylation sites is 1. The van der Waals surface area contributed by atoms with E-state index in [0.29, 0.717) is 0 Å². The van der Waals surface area contributed by atoms with E-state index in [1.807, 2.05) is 31.3 Å². The third-order valence-corrected chi connectivity index (χ3v) is 4.82. The Balaban J connectivity index is 1.68. The van der Waals surface area contributed by atoms with Crippen molar-refractivity contribution in [1.82, 2.24) is 9.97 Å². The summed E-state index contributed by atoms with van der Waals surface area (Å²) in [4.78, 5) is 13.1. The summed E-state index contributed by atoms with van der Waals surface area (Å²) >= 11 is 0. The van der Waals surface area contributed by atoms with Crippen LogP contribution in [0.25, 0.3) is 0 Å². The molecule has 2 heterocycles. The third-order valence-electron chi connectivity index (χ3n) is 4.82. The molecule has 1 aromatic carbocycles. The molecule has 0 bridgehead atoms. The van der Waals surface area contributed by atoms with E-state index in [-0.39, 0.29) is 12.6 Å². The van der Waals surface area contributed by atoms with Crippen LogP contribution in [0.15, 0.2) is 36.7 Å². The van der Waals surface area contributed by atoms with E-state index in [1.165, 1.54) is 5.56 Å². The van der Waals surface area contributed by atoms with E-state index < -0.39 is 0 Å². The lowest BCUT2D eigenvalue weighted by atomic mass is 10.1. The predicted molar refractivity (Wildman–Crippen MR) is 99.5 cm³/mol. The number of nitrogens with zero attached hydrogens (tertiary/aromatic N) is 4. The predicted octanol–water partition coefficient (Wildman–Crippen LogP) is 2.13. The van der Waals surface area contributed by atoms with Gasteiger partial charge in [-0.15, -0.1) is 0 Å². The van der Waals surface area contributed by atoms with Gasteiger partial charge in [-0.05, 0) is 30.9 Å². The van der Waals surface area contributed by atoms with Gasteiger partial charge in [0, 0.05) is 26.2 Å². The van der Waals surface area contributed by atoms with Crippen LogP contribution in [-0.4, -0.2) is 55.0 Å². The lowest BCUT2D eigenvalue weighted by Gasteiger charge is -2.25. The SMILES string of the molecule is COc1ccccc1CCN(C)c1cc(N2CCC[C@H]2CO)ncn1. The zero-order valence-corrected chi connectivity index (χ0v) is 14.9. The summed E-state index contributed by atoms with van der Waals surface area (Å²) in [5, 5.41) is 9.53. The van der Waals surface area contributed by atoms with E-state index in [9.17, 15) is 5.11 Å². The molecule has 3 rings (SSSR count). The first-order valence-corrected chi connectivity index (χ1v) is 8.75. The van der Waals surface area contributed by atoms with Crippen molar-refractivity contribution in [2.24, 2.45) is 0 Å². The maximum absolute atomic E-state index is 9.53. The first-order chi connectivity index (χ1) is 12.2. The first-order valence-electron chi connectivity index (χ1n) is 8.75. The highest BCUT2D eigenvalue weighted by Gasteiger charge is 2.25. The summed E-state index contributed by atoms with van der Waals surface area (Å²) in [6, 6.07) is 10.3. The van der Waals surface area contributed by atoms with Crippen molar-refractivity contribution in [3.8, 4) is 5.75 Å². The van der Waals surface area contributed by atoms with Crippen LogP contribution in [0.4, 0.5) is 11.6 Å². The lowest BCUT2D eigenvalue weighted by molar-refractivity contribution is 0.266. The van der Waals surface area contributed by atoms with Gasteiger partial charge in [0.2, 0.25) is 0 Å². The molecule has 25 heavy (non-hydrogen) atoms. The second-order valence-electron chi connectivity index (χ2n) is 6.39. The van der Waals surface area contributed by atoms with Gasteiger partial charge in [0.05, 0.1) is 19.8 Å². The number of anilines is 2. The van der Waals surface area contributed by atoms with Crippen LogP contribution in [-0.2, 0) is 6.42 Å². The van der Waals surface area contributed by atoms with Gasteiger partial charge >= 0.3 is 0 Å². The fraction of sp³-hybridized carbons (Fsp3) is 0.474. The van der Waals surface area contributed by atoms with E-state index in [0.717, 1.165) is 49.7 Å². The molecule has 134 valence electrons. The number of rotatable bonds is 7. The summed E-state index contributed by atoms with van der Waals surface area (Å²) < 4.78 is 5.42. The van der Waals surface area contributed by atoms with Gasteiger partial charge < -0.3 is 19.6 Å². The Bertz CT molecular complexity index is 695. The molecule has 0 radical (unpaired) electrons. The fourth-order valence-corrected chi connectivity index (χ4v) is 3.34. The fourth-order valence-electron chi connectivity index (χ4n) is 3.34. The molecule has 0 aliphatic carbocycles. The van der Waals surface area contributed by atoms with Crippen LogP contribution < -0.4 is 14.5 Å². The Morgan fingerprint density at radius 3 is 2.96 bits per heavy atom. The Labute approximate surface area is 149 Å². The molecular formula is C19H26N4O2.